The second kappa shape index (κ2) is 12.2. The zero-order chi connectivity index (χ0) is 20.5. The first-order chi connectivity index (χ1) is 14.2. The maximum atomic E-state index is 12.9. The third-order valence-corrected chi connectivity index (χ3v) is 5.18. The summed E-state index contributed by atoms with van der Waals surface area (Å²) < 4.78 is 5.92. The quantitative estimate of drug-likeness (QED) is 0.672. The van der Waals surface area contributed by atoms with Crippen LogP contribution in [0.25, 0.3) is 11.1 Å². The Hall–Kier alpha value is -2.57. The molecule has 1 atom stereocenters. The van der Waals surface area contributed by atoms with Crippen LogP contribution in [-0.4, -0.2) is 49.0 Å². The number of nitrogens with one attached hydrogen (secondary N) is 1. The van der Waals surface area contributed by atoms with E-state index in [-0.39, 0.29) is 36.9 Å². The standard InChI is InChI=1S/C23H29N3O3.ClH/c24-14-13-22(27)25-16-19-10-6-7-15-26(19)23(28)17-29-21-12-5-4-11-20(21)18-8-2-1-3-9-18;/h1-5,8-9,11-12,19H,6-7,10,13-17,24H2,(H,25,27);1H. The van der Waals surface area contributed by atoms with Gasteiger partial charge in [-0.25, -0.2) is 0 Å². The summed E-state index contributed by atoms with van der Waals surface area (Å²) in [4.78, 5) is 26.4. The maximum absolute atomic E-state index is 12.9. The van der Waals surface area contributed by atoms with Crippen LogP contribution in [0, 0.1) is 0 Å². The van der Waals surface area contributed by atoms with Gasteiger partial charge in [0.05, 0.1) is 0 Å². The number of benzene rings is 2. The summed E-state index contributed by atoms with van der Waals surface area (Å²) in [5.41, 5.74) is 7.43. The lowest BCUT2D eigenvalue weighted by molar-refractivity contribution is -0.137. The molecule has 6 nitrogen and oxygen atoms in total. The lowest BCUT2D eigenvalue weighted by Gasteiger charge is -2.35. The van der Waals surface area contributed by atoms with Crippen molar-refractivity contribution in [3.8, 4) is 16.9 Å². The Morgan fingerprint density at radius 1 is 1.07 bits per heavy atom. The molecule has 30 heavy (non-hydrogen) atoms. The zero-order valence-corrected chi connectivity index (χ0v) is 17.9. The number of hydrogen-bond acceptors (Lipinski definition) is 4. The van der Waals surface area contributed by atoms with E-state index in [9.17, 15) is 9.59 Å². The van der Waals surface area contributed by atoms with Crippen LogP contribution in [0.5, 0.6) is 5.75 Å². The number of hydrogen-bond donors (Lipinski definition) is 2. The summed E-state index contributed by atoms with van der Waals surface area (Å²) in [7, 11) is 0. The van der Waals surface area contributed by atoms with E-state index in [2.05, 4.69) is 5.32 Å². The van der Waals surface area contributed by atoms with Gasteiger partial charge in [-0.2, -0.15) is 0 Å². The first kappa shape index (κ1) is 23.7. The number of carbonyl (C=O) groups is 2. The summed E-state index contributed by atoms with van der Waals surface area (Å²) in [5.74, 6) is 0.570. The van der Waals surface area contributed by atoms with E-state index in [1.165, 1.54) is 0 Å². The SMILES string of the molecule is Cl.NCCC(=O)NCC1CCCCN1C(=O)COc1ccccc1-c1ccccc1. The van der Waals surface area contributed by atoms with Crippen molar-refractivity contribution < 1.29 is 14.3 Å². The van der Waals surface area contributed by atoms with Gasteiger partial charge in [-0.05, 0) is 30.9 Å². The van der Waals surface area contributed by atoms with Gasteiger partial charge in [0.15, 0.2) is 6.61 Å². The van der Waals surface area contributed by atoms with Gasteiger partial charge in [-0.15, -0.1) is 12.4 Å². The molecule has 0 bridgehead atoms. The van der Waals surface area contributed by atoms with E-state index < -0.39 is 0 Å². The third kappa shape index (κ3) is 6.47. The molecule has 1 aliphatic rings. The molecular formula is C23H30ClN3O3. The first-order valence-electron chi connectivity index (χ1n) is 10.2. The van der Waals surface area contributed by atoms with Crippen LogP contribution in [0.3, 0.4) is 0 Å². The maximum Gasteiger partial charge on any atom is 0.260 e. The smallest absolute Gasteiger partial charge is 0.260 e. The molecule has 3 rings (SSSR count). The van der Waals surface area contributed by atoms with Crippen molar-refractivity contribution in [3.63, 3.8) is 0 Å². The minimum Gasteiger partial charge on any atom is -0.483 e. The number of para-hydroxylation sites is 1. The average Bonchev–Trinajstić information content (AvgIpc) is 2.77. The normalized spacial score (nSPS) is 15.8. The van der Waals surface area contributed by atoms with Crippen LogP contribution in [0.1, 0.15) is 25.7 Å². The van der Waals surface area contributed by atoms with Crippen LogP contribution in [0.15, 0.2) is 54.6 Å². The lowest BCUT2D eigenvalue weighted by atomic mass is 10.0. The summed E-state index contributed by atoms with van der Waals surface area (Å²) >= 11 is 0. The van der Waals surface area contributed by atoms with Crippen LogP contribution in [0.4, 0.5) is 0 Å². The van der Waals surface area contributed by atoms with Gasteiger partial charge in [0.25, 0.3) is 5.91 Å². The largest absolute Gasteiger partial charge is 0.483 e. The molecule has 1 heterocycles. The lowest BCUT2D eigenvalue weighted by Crippen LogP contribution is -2.50. The van der Waals surface area contributed by atoms with Gasteiger partial charge in [0, 0.05) is 37.7 Å². The minimum absolute atomic E-state index is 0. The summed E-state index contributed by atoms with van der Waals surface area (Å²) in [6.07, 6.45) is 3.22. The van der Waals surface area contributed by atoms with Gasteiger partial charge in [-0.3, -0.25) is 9.59 Å². The number of nitrogens with two attached hydrogens (primary N) is 1. The molecule has 0 aliphatic carbocycles. The van der Waals surface area contributed by atoms with Gasteiger partial charge in [0.2, 0.25) is 5.91 Å². The highest BCUT2D eigenvalue weighted by molar-refractivity contribution is 5.85. The molecular weight excluding hydrogens is 402 g/mol. The molecule has 1 fully saturated rings. The molecule has 0 aromatic heterocycles. The van der Waals surface area contributed by atoms with E-state index in [1.807, 2.05) is 59.5 Å². The fourth-order valence-corrected chi connectivity index (χ4v) is 3.66. The molecule has 1 saturated heterocycles. The number of amides is 2. The summed E-state index contributed by atoms with van der Waals surface area (Å²) in [6, 6.07) is 17.7. The van der Waals surface area contributed by atoms with E-state index in [0.717, 1.165) is 30.4 Å². The second-order valence-electron chi connectivity index (χ2n) is 7.23. The molecule has 1 aliphatic heterocycles. The number of rotatable bonds is 8. The Morgan fingerprint density at radius 3 is 2.57 bits per heavy atom. The van der Waals surface area contributed by atoms with Gasteiger partial charge in [0.1, 0.15) is 5.75 Å². The highest BCUT2D eigenvalue weighted by Crippen LogP contribution is 2.29. The topological polar surface area (TPSA) is 84.7 Å². The van der Waals surface area contributed by atoms with Crippen LogP contribution in [0.2, 0.25) is 0 Å². The Labute approximate surface area is 184 Å². The molecule has 7 heteroatoms. The Kier molecular flexibility index (Phi) is 9.64. The van der Waals surface area contributed by atoms with Gasteiger partial charge in [-0.1, -0.05) is 48.5 Å². The van der Waals surface area contributed by atoms with Crippen molar-refractivity contribution in [2.45, 2.75) is 31.7 Å². The summed E-state index contributed by atoms with van der Waals surface area (Å²) in [6.45, 7) is 1.47. The molecule has 1 unspecified atom stereocenters. The predicted octanol–water partition coefficient (Wildman–Crippen LogP) is 3.00. The molecule has 2 amide bonds. The average molecular weight is 432 g/mol. The monoisotopic (exact) mass is 431 g/mol. The van der Waals surface area contributed by atoms with E-state index in [4.69, 9.17) is 10.5 Å². The fourth-order valence-electron chi connectivity index (χ4n) is 3.66. The minimum atomic E-state index is -0.0708. The number of piperidine rings is 1. The highest BCUT2D eigenvalue weighted by atomic mass is 35.5. The number of likely N-dealkylation sites (tertiary alicyclic amines) is 1. The number of nitrogens with zero attached hydrogens (tertiary/aromatic N) is 1. The predicted molar refractivity (Wildman–Crippen MR) is 121 cm³/mol. The Bertz CT molecular complexity index is 816. The first-order valence-corrected chi connectivity index (χ1v) is 10.2. The second-order valence-corrected chi connectivity index (χ2v) is 7.23. The fraction of sp³-hybridized carbons (Fsp3) is 0.391. The number of carbonyl (C=O) groups excluding carboxylic acids is 2. The molecule has 0 radical (unpaired) electrons. The highest BCUT2D eigenvalue weighted by Gasteiger charge is 2.27. The van der Waals surface area contributed by atoms with Crippen molar-refractivity contribution in [2.75, 3.05) is 26.2 Å². The van der Waals surface area contributed by atoms with Crippen molar-refractivity contribution in [1.29, 1.82) is 0 Å². The van der Waals surface area contributed by atoms with Crippen molar-refractivity contribution >= 4 is 24.2 Å². The van der Waals surface area contributed by atoms with E-state index >= 15 is 0 Å². The van der Waals surface area contributed by atoms with Crippen LogP contribution in [-0.2, 0) is 9.59 Å². The molecule has 0 saturated carbocycles. The molecule has 2 aromatic carbocycles. The van der Waals surface area contributed by atoms with E-state index in [1.54, 1.807) is 0 Å². The number of halogens is 1. The Morgan fingerprint density at radius 2 is 1.80 bits per heavy atom. The van der Waals surface area contributed by atoms with Crippen LogP contribution < -0.4 is 15.8 Å². The van der Waals surface area contributed by atoms with Gasteiger partial charge >= 0.3 is 0 Å². The third-order valence-electron chi connectivity index (χ3n) is 5.18. The zero-order valence-electron chi connectivity index (χ0n) is 17.1. The van der Waals surface area contributed by atoms with Crippen molar-refractivity contribution in [1.82, 2.24) is 10.2 Å². The molecule has 2 aromatic rings. The molecule has 3 N–H and O–H groups in total. The Balaban J connectivity index is 0.00000320. The summed E-state index contributed by atoms with van der Waals surface area (Å²) in [5, 5.41) is 2.89. The van der Waals surface area contributed by atoms with Crippen LogP contribution >= 0.6 is 12.4 Å². The van der Waals surface area contributed by atoms with E-state index in [0.29, 0.717) is 31.8 Å². The number of ether oxygens (including phenoxy) is 1. The molecule has 162 valence electrons. The van der Waals surface area contributed by atoms with Gasteiger partial charge < -0.3 is 20.7 Å². The molecule has 0 spiro atoms. The van der Waals surface area contributed by atoms with Crippen molar-refractivity contribution in [3.05, 3.63) is 54.6 Å². The van der Waals surface area contributed by atoms with Crippen molar-refractivity contribution in [2.24, 2.45) is 5.73 Å².